The second kappa shape index (κ2) is 59.1. The Bertz CT molecular complexity index is 1880. The van der Waals surface area contributed by atoms with Crippen LogP contribution in [0.2, 0.25) is 0 Å². The summed E-state index contributed by atoms with van der Waals surface area (Å²) in [4.78, 5) is 26.6. The number of aliphatic hydroxyl groups is 5. The molecular weight excluding hydrogens is 1050 g/mol. The van der Waals surface area contributed by atoms with Gasteiger partial charge in [0.05, 0.1) is 25.4 Å². The van der Waals surface area contributed by atoms with Gasteiger partial charge in [-0.3, -0.25) is 9.59 Å². The smallest absolute Gasteiger partial charge is 0.306 e. The van der Waals surface area contributed by atoms with E-state index in [1.54, 1.807) is 12.2 Å². The summed E-state index contributed by atoms with van der Waals surface area (Å²) in [7, 11) is 0. The maximum Gasteiger partial charge on any atom is 0.306 e. The van der Waals surface area contributed by atoms with Crippen molar-refractivity contribution in [3.8, 4) is 0 Å². The minimum atomic E-state index is -1.64. The molecule has 6 N–H and O–H groups in total. The van der Waals surface area contributed by atoms with Crippen LogP contribution in [0.3, 0.4) is 0 Å². The Balaban J connectivity index is 2.66. The molecule has 8 unspecified atom stereocenters. The lowest BCUT2D eigenvalue weighted by Crippen LogP contribution is -2.61. The van der Waals surface area contributed by atoms with E-state index in [1.807, 2.05) is 18.2 Å². The summed E-state index contributed by atoms with van der Waals surface area (Å²) in [6, 6.07) is -1.08. The first kappa shape index (κ1) is 77.8. The molecular formula is C73H121NO10. The molecule has 0 bridgehead atoms. The summed E-state index contributed by atoms with van der Waals surface area (Å²) in [6.45, 7) is 5.59. The molecule has 0 aromatic rings. The van der Waals surface area contributed by atoms with Crippen molar-refractivity contribution in [2.45, 2.75) is 301 Å². The highest BCUT2D eigenvalue weighted by molar-refractivity contribution is 5.81. The number of carbonyl (C=O) groups is 2. The van der Waals surface area contributed by atoms with Crippen LogP contribution in [-0.4, -0.2) is 99.6 Å². The second-order valence-corrected chi connectivity index (χ2v) is 22.5. The fraction of sp³-hybridized carbons (Fsp3) is 0.671. The van der Waals surface area contributed by atoms with Crippen LogP contribution in [0.5, 0.6) is 0 Å². The van der Waals surface area contributed by atoms with Crippen LogP contribution in [0.25, 0.3) is 0 Å². The first-order valence-electron chi connectivity index (χ1n) is 33.5. The van der Waals surface area contributed by atoms with Crippen LogP contribution in [0.1, 0.15) is 252 Å². The van der Waals surface area contributed by atoms with Gasteiger partial charge in [-0.15, -0.1) is 0 Å². The van der Waals surface area contributed by atoms with E-state index in [4.69, 9.17) is 14.2 Å². The molecule has 0 radical (unpaired) electrons. The van der Waals surface area contributed by atoms with Gasteiger partial charge in [0.2, 0.25) is 5.91 Å². The summed E-state index contributed by atoms with van der Waals surface area (Å²) in [6.07, 6.45) is 73.6. The number of unbranched alkanes of at least 4 members (excludes halogenated alkanes) is 22. The Kier molecular flexibility index (Phi) is 54.8. The lowest BCUT2D eigenvalue weighted by Gasteiger charge is -2.41. The molecule has 0 aromatic heterocycles. The zero-order chi connectivity index (χ0) is 61.0. The van der Waals surface area contributed by atoms with Crippen molar-refractivity contribution in [2.24, 2.45) is 0 Å². The van der Waals surface area contributed by atoms with Crippen LogP contribution in [0, 0.1) is 0 Å². The van der Waals surface area contributed by atoms with Crippen molar-refractivity contribution in [1.29, 1.82) is 0 Å². The molecule has 84 heavy (non-hydrogen) atoms. The predicted octanol–water partition coefficient (Wildman–Crippen LogP) is 16.8. The van der Waals surface area contributed by atoms with Gasteiger partial charge in [0.1, 0.15) is 24.4 Å². The van der Waals surface area contributed by atoms with E-state index in [0.717, 1.165) is 109 Å². The molecule has 1 aliphatic heterocycles. The molecule has 1 saturated heterocycles. The maximum atomic E-state index is 13.4. The normalized spacial score (nSPS) is 19.4. The molecule has 0 saturated carbocycles. The molecule has 0 aromatic carbocycles. The van der Waals surface area contributed by atoms with Gasteiger partial charge >= 0.3 is 5.97 Å². The van der Waals surface area contributed by atoms with Crippen LogP contribution < -0.4 is 5.32 Å². The van der Waals surface area contributed by atoms with Crippen molar-refractivity contribution in [3.63, 3.8) is 0 Å². The Morgan fingerprint density at radius 1 is 0.476 bits per heavy atom. The van der Waals surface area contributed by atoms with Crippen LogP contribution in [0.4, 0.5) is 0 Å². The topological polar surface area (TPSA) is 175 Å². The summed E-state index contributed by atoms with van der Waals surface area (Å²) in [5.41, 5.74) is 0. The summed E-state index contributed by atoms with van der Waals surface area (Å²) < 4.78 is 17.6. The maximum absolute atomic E-state index is 13.4. The molecule has 478 valence electrons. The third kappa shape index (κ3) is 46.1. The lowest BCUT2D eigenvalue weighted by atomic mass is 9.99. The summed E-state index contributed by atoms with van der Waals surface area (Å²) in [5.74, 6) is -1.30. The van der Waals surface area contributed by atoms with E-state index in [0.29, 0.717) is 12.8 Å². The number of allylic oxidation sites excluding steroid dienone is 20. The lowest BCUT2D eigenvalue weighted by molar-refractivity contribution is -0.305. The third-order valence-electron chi connectivity index (χ3n) is 14.8. The molecule has 8 atom stereocenters. The largest absolute Gasteiger partial charge is 0.454 e. The number of nitrogens with one attached hydrogen (secondary N) is 1. The van der Waals surface area contributed by atoms with E-state index >= 15 is 0 Å². The number of carbonyl (C=O) groups excluding carboxylic acids is 2. The van der Waals surface area contributed by atoms with Crippen molar-refractivity contribution < 1.29 is 49.3 Å². The fourth-order valence-electron chi connectivity index (χ4n) is 9.53. The van der Waals surface area contributed by atoms with Crippen molar-refractivity contribution >= 4 is 11.9 Å². The van der Waals surface area contributed by atoms with Crippen LogP contribution in [-0.2, 0) is 23.8 Å². The molecule has 1 rings (SSSR count). The van der Waals surface area contributed by atoms with Gasteiger partial charge in [-0.2, -0.15) is 0 Å². The number of esters is 1. The van der Waals surface area contributed by atoms with Gasteiger partial charge in [-0.05, 0) is 103 Å². The standard InChI is InChI=1S/C73H121NO10/c1-4-7-10-13-16-19-22-25-27-29-31-32-33-34-35-36-37-39-41-43-46-49-52-55-58-61-68(78)84-71-70(80)69(79)67(62-75)83-73(71)82-63-64(65(76)59-56-53-50-47-44-24-21-18-15-12-9-6-3)74-72(81)66(77)60-57-54-51-48-45-42-40-38-30-28-26-23-20-17-14-11-8-5-2/h8,11,16-17,19-20,25-28,31-32,34-35,38,40,45,48,54,56-57,59,64-67,69-71,73,75-77,79-80H,4-7,9-10,12-15,18,21-24,29-30,33,36-37,39,41-44,46-47,49-53,55,58,60-63H2,1-3H3,(H,74,81)/b11-8-,19-16-,20-17-,27-25-,28-26-,32-31-,35-34-,40-38-,48-45-,57-54-,59-56+. The zero-order valence-corrected chi connectivity index (χ0v) is 53.0. The number of hydrogen-bond donors (Lipinski definition) is 6. The number of aliphatic hydroxyl groups excluding tert-OH is 5. The van der Waals surface area contributed by atoms with Crippen LogP contribution >= 0.6 is 0 Å². The monoisotopic (exact) mass is 1170 g/mol. The quantitative estimate of drug-likeness (QED) is 0.0195. The number of amides is 1. The van der Waals surface area contributed by atoms with Gasteiger partial charge in [-0.25, -0.2) is 0 Å². The number of ether oxygens (including phenoxy) is 3. The van der Waals surface area contributed by atoms with Gasteiger partial charge in [0, 0.05) is 12.8 Å². The average Bonchev–Trinajstić information content (AvgIpc) is 3.67. The van der Waals surface area contributed by atoms with E-state index < -0.39 is 67.4 Å². The number of rotatable bonds is 55. The molecule has 0 spiro atoms. The SMILES string of the molecule is CC/C=C\C/C=C\C/C=C\C/C=C\C/C=C\C/C=C\CC(O)C(=O)NC(COC1OC(CO)C(O)C(O)C1OC(=O)CCCCCCCCCCC/C=C\C/C=C\C/C=C\C/C=C\CCCCC)C(O)/C=C/CCCCCCCCCCCC. The highest BCUT2D eigenvalue weighted by Gasteiger charge is 2.47. The highest BCUT2D eigenvalue weighted by Crippen LogP contribution is 2.26. The molecule has 1 fully saturated rings. The Labute approximate surface area is 512 Å². The van der Waals surface area contributed by atoms with E-state index in [9.17, 15) is 35.1 Å². The third-order valence-corrected chi connectivity index (χ3v) is 14.8. The minimum absolute atomic E-state index is 0.0507. The van der Waals surface area contributed by atoms with Gasteiger partial charge < -0.3 is 45.1 Å². The van der Waals surface area contributed by atoms with Crippen LogP contribution in [0.15, 0.2) is 134 Å². The van der Waals surface area contributed by atoms with Gasteiger partial charge in [-0.1, -0.05) is 270 Å². The molecule has 11 nitrogen and oxygen atoms in total. The van der Waals surface area contributed by atoms with Crippen molar-refractivity contribution in [3.05, 3.63) is 134 Å². The second-order valence-electron chi connectivity index (χ2n) is 22.5. The molecule has 1 aliphatic rings. The summed E-state index contributed by atoms with van der Waals surface area (Å²) in [5, 5.41) is 57.0. The Morgan fingerprint density at radius 2 is 0.857 bits per heavy atom. The molecule has 11 heteroatoms. The predicted molar refractivity (Wildman–Crippen MR) is 351 cm³/mol. The van der Waals surface area contributed by atoms with Gasteiger partial charge in [0.25, 0.3) is 0 Å². The first-order chi connectivity index (χ1) is 41.2. The average molecular weight is 1170 g/mol. The minimum Gasteiger partial charge on any atom is -0.454 e. The Morgan fingerprint density at radius 3 is 1.31 bits per heavy atom. The first-order valence-corrected chi connectivity index (χ1v) is 33.5. The molecule has 0 aliphatic carbocycles. The molecule has 1 amide bonds. The van der Waals surface area contributed by atoms with E-state index in [2.05, 4.69) is 129 Å². The zero-order valence-electron chi connectivity index (χ0n) is 53.0. The van der Waals surface area contributed by atoms with E-state index in [1.165, 1.54) is 96.3 Å². The van der Waals surface area contributed by atoms with E-state index in [-0.39, 0.29) is 19.4 Å². The number of hydrogen-bond acceptors (Lipinski definition) is 10. The van der Waals surface area contributed by atoms with Crippen molar-refractivity contribution in [1.82, 2.24) is 5.32 Å². The van der Waals surface area contributed by atoms with Gasteiger partial charge in [0.15, 0.2) is 12.4 Å². The Hall–Kier alpha value is -4.20. The highest BCUT2D eigenvalue weighted by atomic mass is 16.7. The fourth-order valence-corrected chi connectivity index (χ4v) is 9.53. The van der Waals surface area contributed by atoms with Crippen molar-refractivity contribution in [2.75, 3.05) is 13.2 Å². The summed E-state index contributed by atoms with van der Waals surface area (Å²) >= 11 is 0. The molecule has 1 heterocycles.